The Balaban J connectivity index is 5.00. The third-order valence-corrected chi connectivity index (χ3v) is 2.13. The SMILES string of the molecule is CCC(CC#N)(C[N+](=O)[O-])C(F)(F)F. The molecule has 14 heavy (non-hydrogen) atoms. The van der Waals surface area contributed by atoms with E-state index in [4.69, 9.17) is 5.26 Å². The van der Waals surface area contributed by atoms with Gasteiger partial charge in [-0.1, -0.05) is 6.92 Å². The Hall–Kier alpha value is -1.32. The molecule has 0 aliphatic heterocycles. The number of halogens is 3. The minimum absolute atomic E-state index is 0.467. The fourth-order valence-electron chi connectivity index (χ4n) is 1.08. The van der Waals surface area contributed by atoms with Gasteiger partial charge in [0.25, 0.3) is 0 Å². The van der Waals surface area contributed by atoms with Gasteiger partial charge in [0, 0.05) is 4.92 Å². The van der Waals surface area contributed by atoms with Gasteiger partial charge in [-0.25, -0.2) is 0 Å². The van der Waals surface area contributed by atoms with Crippen molar-refractivity contribution < 1.29 is 18.1 Å². The highest BCUT2D eigenvalue weighted by Gasteiger charge is 2.57. The molecular formula is C7H9F3N2O2. The van der Waals surface area contributed by atoms with Crippen LogP contribution in [0.25, 0.3) is 0 Å². The van der Waals surface area contributed by atoms with E-state index in [-0.39, 0.29) is 0 Å². The van der Waals surface area contributed by atoms with Crippen molar-refractivity contribution in [3.63, 3.8) is 0 Å². The maximum Gasteiger partial charge on any atom is 0.401 e. The van der Waals surface area contributed by atoms with Crippen LogP contribution in [0.1, 0.15) is 19.8 Å². The van der Waals surface area contributed by atoms with Crippen LogP contribution in [0.4, 0.5) is 13.2 Å². The molecule has 0 N–H and O–H groups in total. The van der Waals surface area contributed by atoms with Crippen molar-refractivity contribution in [2.75, 3.05) is 6.54 Å². The van der Waals surface area contributed by atoms with E-state index >= 15 is 0 Å². The Morgan fingerprint density at radius 2 is 2.00 bits per heavy atom. The van der Waals surface area contributed by atoms with Crippen molar-refractivity contribution in [2.45, 2.75) is 25.9 Å². The molecule has 1 unspecified atom stereocenters. The summed E-state index contributed by atoms with van der Waals surface area (Å²) in [6.07, 6.45) is -6.07. The lowest BCUT2D eigenvalue weighted by atomic mass is 9.81. The number of hydrogen-bond acceptors (Lipinski definition) is 3. The van der Waals surface area contributed by atoms with Crippen molar-refractivity contribution in [1.29, 1.82) is 5.26 Å². The Labute approximate surface area is 78.5 Å². The molecule has 0 fully saturated rings. The normalized spacial score (nSPS) is 15.6. The second kappa shape index (κ2) is 4.26. The average molecular weight is 210 g/mol. The Morgan fingerprint density at radius 1 is 1.50 bits per heavy atom. The summed E-state index contributed by atoms with van der Waals surface area (Å²) in [5.41, 5.74) is -2.51. The Bertz CT molecular complexity index is 259. The molecule has 0 rings (SSSR count). The van der Waals surface area contributed by atoms with Gasteiger partial charge in [0.15, 0.2) is 0 Å². The molecule has 0 saturated heterocycles. The highest BCUT2D eigenvalue weighted by molar-refractivity contribution is 4.93. The topological polar surface area (TPSA) is 66.9 Å². The Morgan fingerprint density at radius 3 is 2.21 bits per heavy atom. The van der Waals surface area contributed by atoms with Crippen LogP contribution in [0, 0.1) is 26.9 Å². The smallest absolute Gasteiger partial charge is 0.265 e. The molecule has 0 aliphatic carbocycles. The van der Waals surface area contributed by atoms with Gasteiger partial charge < -0.3 is 0 Å². The third-order valence-electron chi connectivity index (χ3n) is 2.13. The van der Waals surface area contributed by atoms with E-state index in [2.05, 4.69) is 0 Å². The number of nitrogens with zero attached hydrogens (tertiary/aromatic N) is 2. The number of nitro groups is 1. The highest BCUT2D eigenvalue weighted by Crippen LogP contribution is 2.43. The van der Waals surface area contributed by atoms with E-state index in [9.17, 15) is 23.3 Å². The molecule has 0 heterocycles. The molecule has 0 aromatic carbocycles. The third kappa shape index (κ3) is 2.58. The van der Waals surface area contributed by atoms with Crippen LogP contribution in [0.15, 0.2) is 0 Å². The van der Waals surface area contributed by atoms with Gasteiger partial charge in [-0.15, -0.1) is 0 Å². The molecule has 7 heteroatoms. The summed E-state index contributed by atoms with van der Waals surface area (Å²) in [7, 11) is 0. The molecule has 0 radical (unpaired) electrons. The first kappa shape index (κ1) is 12.7. The lowest BCUT2D eigenvalue weighted by Gasteiger charge is -2.28. The van der Waals surface area contributed by atoms with Gasteiger partial charge in [0.1, 0.15) is 5.41 Å². The first-order chi connectivity index (χ1) is 6.29. The van der Waals surface area contributed by atoms with Crippen LogP contribution in [0.3, 0.4) is 0 Å². The Kier molecular flexibility index (Phi) is 3.86. The van der Waals surface area contributed by atoms with Crippen molar-refractivity contribution in [2.24, 2.45) is 5.41 Å². The first-order valence-electron chi connectivity index (χ1n) is 3.84. The number of hydrogen-bond donors (Lipinski definition) is 0. The zero-order valence-electron chi connectivity index (χ0n) is 7.47. The van der Waals surface area contributed by atoms with E-state index in [1.807, 2.05) is 0 Å². The fourth-order valence-corrected chi connectivity index (χ4v) is 1.08. The predicted molar refractivity (Wildman–Crippen MR) is 40.9 cm³/mol. The van der Waals surface area contributed by atoms with E-state index in [1.54, 1.807) is 0 Å². The minimum atomic E-state index is -4.72. The summed E-state index contributed by atoms with van der Waals surface area (Å²) in [5, 5.41) is 18.3. The van der Waals surface area contributed by atoms with E-state index in [0.29, 0.717) is 0 Å². The van der Waals surface area contributed by atoms with E-state index in [0.717, 1.165) is 0 Å². The molecule has 0 bridgehead atoms. The molecule has 0 saturated carbocycles. The molecular weight excluding hydrogens is 201 g/mol. The lowest BCUT2D eigenvalue weighted by molar-refractivity contribution is -0.511. The summed E-state index contributed by atoms with van der Waals surface area (Å²) < 4.78 is 37.4. The summed E-state index contributed by atoms with van der Waals surface area (Å²) in [6, 6.07) is 1.35. The van der Waals surface area contributed by atoms with E-state index in [1.165, 1.54) is 13.0 Å². The largest absolute Gasteiger partial charge is 0.401 e. The zero-order valence-corrected chi connectivity index (χ0v) is 7.47. The molecule has 0 aromatic heterocycles. The highest BCUT2D eigenvalue weighted by atomic mass is 19.4. The molecule has 4 nitrogen and oxygen atoms in total. The van der Waals surface area contributed by atoms with E-state index < -0.39 is 35.9 Å². The average Bonchev–Trinajstić information content (AvgIpc) is 2.00. The van der Waals surface area contributed by atoms with Crippen LogP contribution in [-0.2, 0) is 0 Å². The van der Waals surface area contributed by atoms with Crippen molar-refractivity contribution in [3.05, 3.63) is 10.1 Å². The van der Waals surface area contributed by atoms with Gasteiger partial charge >= 0.3 is 6.18 Å². The second-order valence-corrected chi connectivity index (χ2v) is 2.96. The summed E-state index contributed by atoms with van der Waals surface area (Å²) in [6.45, 7) is -0.0606. The standard InChI is InChI=1S/C7H9F3N2O2/c1-2-6(3-4-11,5-12(13)14)7(8,9)10/h2-3,5H2,1H3. The van der Waals surface area contributed by atoms with Crippen LogP contribution in [0.2, 0.25) is 0 Å². The number of nitriles is 1. The minimum Gasteiger partial charge on any atom is -0.265 e. The van der Waals surface area contributed by atoms with Gasteiger partial charge in [-0.2, -0.15) is 18.4 Å². The van der Waals surface area contributed by atoms with Crippen LogP contribution >= 0.6 is 0 Å². The quantitative estimate of drug-likeness (QED) is 0.527. The van der Waals surface area contributed by atoms with Gasteiger partial charge in [-0.3, -0.25) is 10.1 Å². The van der Waals surface area contributed by atoms with Crippen molar-refractivity contribution in [3.8, 4) is 6.07 Å². The summed E-state index contributed by atoms with van der Waals surface area (Å²) >= 11 is 0. The van der Waals surface area contributed by atoms with Crippen molar-refractivity contribution in [1.82, 2.24) is 0 Å². The molecule has 0 spiro atoms. The number of alkyl halides is 3. The first-order valence-corrected chi connectivity index (χ1v) is 3.84. The number of rotatable bonds is 4. The molecule has 0 amide bonds. The van der Waals surface area contributed by atoms with Crippen molar-refractivity contribution >= 4 is 0 Å². The summed E-state index contributed by atoms with van der Waals surface area (Å²) in [4.78, 5) is 9.06. The predicted octanol–water partition coefficient (Wildman–Crippen LogP) is 2.14. The van der Waals surface area contributed by atoms with Crippen LogP contribution in [0.5, 0.6) is 0 Å². The van der Waals surface area contributed by atoms with Gasteiger partial charge in [0.05, 0.1) is 12.5 Å². The van der Waals surface area contributed by atoms with Gasteiger partial charge in [-0.05, 0) is 6.42 Å². The lowest BCUT2D eigenvalue weighted by Crippen LogP contribution is -2.43. The van der Waals surface area contributed by atoms with Crippen LogP contribution < -0.4 is 0 Å². The molecule has 1 atom stereocenters. The monoisotopic (exact) mass is 210 g/mol. The summed E-state index contributed by atoms with van der Waals surface area (Å²) in [5.74, 6) is 0. The maximum absolute atomic E-state index is 12.5. The molecule has 80 valence electrons. The van der Waals surface area contributed by atoms with Gasteiger partial charge in [0.2, 0.25) is 6.54 Å². The molecule has 0 aromatic rings. The van der Waals surface area contributed by atoms with Crippen LogP contribution in [-0.4, -0.2) is 17.6 Å². The second-order valence-electron chi connectivity index (χ2n) is 2.96. The molecule has 0 aliphatic rings. The fraction of sp³-hybridized carbons (Fsp3) is 0.857. The maximum atomic E-state index is 12.5. The zero-order chi connectivity index (χ0) is 11.4.